The van der Waals surface area contributed by atoms with Crippen molar-refractivity contribution in [2.24, 2.45) is 5.92 Å². The summed E-state index contributed by atoms with van der Waals surface area (Å²) in [5.41, 5.74) is 4.18. The van der Waals surface area contributed by atoms with Crippen LogP contribution < -0.4 is 4.74 Å². The lowest BCUT2D eigenvalue weighted by Crippen LogP contribution is -2.47. The maximum absolute atomic E-state index is 6.67. The molecule has 2 aromatic heterocycles. The van der Waals surface area contributed by atoms with Crippen molar-refractivity contribution in [2.45, 2.75) is 37.3 Å². The Morgan fingerprint density at radius 1 is 1.03 bits per heavy atom. The van der Waals surface area contributed by atoms with E-state index < -0.39 is 0 Å². The summed E-state index contributed by atoms with van der Waals surface area (Å²) in [7, 11) is 0. The maximum Gasteiger partial charge on any atom is 0.221 e. The lowest BCUT2D eigenvalue weighted by Gasteiger charge is -2.45. The molecule has 2 aliphatic rings. The molecular weight excluding hydrogens is 422 g/mol. The van der Waals surface area contributed by atoms with Crippen molar-refractivity contribution in [1.29, 1.82) is 0 Å². The van der Waals surface area contributed by atoms with Gasteiger partial charge in [-0.05, 0) is 32.9 Å². The minimum Gasteiger partial charge on any atom is -0.471 e. The van der Waals surface area contributed by atoms with Gasteiger partial charge in [0.05, 0.1) is 11.4 Å². The number of benzene rings is 2. The minimum atomic E-state index is -0.293. The lowest BCUT2D eigenvalue weighted by molar-refractivity contribution is 0.0205. The highest BCUT2D eigenvalue weighted by Crippen LogP contribution is 2.57. The van der Waals surface area contributed by atoms with Crippen LogP contribution in [0.25, 0.3) is 16.3 Å². The Morgan fingerprint density at radius 3 is 2.48 bits per heavy atom. The third-order valence-electron chi connectivity index (χ3n) is 6.35. The number of hydrogen-bond acceptors (Lipinski definition) is 5. The molecular formula is C25H23N3OS2. The van der Waals surface area contributed by atoms with E-state index in [1.165, 1.54) is 21.0 Å². The molecule has 4 aromatic rings. The van der Waals surface area contributed by atoms with E-state index in [9.17, 15) is 0 Å². The van der Waals surface area contributed by atoms with Crippen LogP contribution in [0.2, 0.25) is 0 Å². The van der Waals surface area contributed by atoms with Gasteiger partial charge in [0.15, 0.2) is 0 Å². The van der Waals surface area contributed by atoms with Gasteiger partial charge in [-0.25, -0.2) is 9.67 Å². The van der Waals surface area contributed by atoms with Crippen LogP contribution in [0.5, 0.6) is 5.88 Å². The number of aryl methyl sites for hydroxylation is 1. The number of fused-ring (bicyclic) bond motifs is 5. The predicted molar refractivity (Wildman–Crippen MR) is 127 cm³/mol. The molecule has 156 valence electrons. The third kappa shape index (κ3) is 2.96. The number of hydrogen-bond donors (Lipinski definition) is 0. The van der Waals surface area contributed by atoms with Crippen molar-refractivity contribution in [3.63, 3.8) is 0 Å². The smallest absolute Gasteiger partial charge is 0.221 e. The fourth-order valence-corrected chi connectivity index (χ4v) is 7.60. The summed E-state index contributed by atoms with van der Waals surface area (Å²) in [5, 5.41) is 7.19. The van der Waals surface area contributed by atoms with Crippen molar-refractivity contribution in [1.82, 2.24) is 14.8 Å². The Hall–Kier alpha value is -2.57. The average molecular weight is 446 g/mol. The largest absolute Gasteiger partial charge is 0.471 e. The standard InChI is InChI=1S/C25H23N3OS2/c1-15-19-20-18(14-30-23-21(20)31-22(26-23)16-10-6-4-7-11-16)25(2,3)29-24(19)28(27-15)17-12-8-5-9-13-17/h4-13,18,20H,14H2,1-3H3. The van der Waals surface area contributed by atoms with Crippen molar-refractivity contribution in [2.75, 3.05) is 5.75 Å². The molecule has 4 nitrogen and oxygen atoms in total. The average Bonchev–Trinajstić information content (AvgIpc) is 3.36. The SMILES string of the molecule is Cc1nn(-c2ccccc2)c2c1C1c3sc(-c4ccccc4)nc3SCC1C(C)(C)O2. The van der Waals surface area contributed by atoms with Gasteiger partial charge in [0.25, 0.3) is 0 Å². The summed E-state index contributed by atoms with van der Waals surface area (Å²) in [6, 6.07) is 20.8. The van der Waals surface area contributed by atoms with Crippen LogP contribution in [0.1, 0.15) is 35.9 Å². The van der Waals surface area contributed by atoms with E-state index in [0.29, 0.717) is 5.92 Å². The van der Waals surface area contributed by atoms with E-state index in [4.69, 9.17) is 14.8 Å². The summed E-state index contributed by atoms with van der Waals surface area (Å²) in [5.74, 6) is 2.50. The monoisotopic (exact) mass is 445 g/mol. The molecule has 0 spiro atoms. The van der Waals surface area contributed by atoms with Gasteiger partial charge in [-0.3, -0.25) is 0 Å². The van der Waals surface area contributed by atoms with Gasteiger partial charge in [-0.1, -0.05) is 48.5 Å². The zero-order valence-electron chi connectivity index (χ0n) is 17.7. The summed E-state index contributed by atoms with van der Waals surface area (Å²) in [4.78, 5) is 6.40. The molecule has 4 heterocycles. The Balaban J connectivity index is 1.55. The molecule has 2 unspecified atom stereocenters. The third-order valence-corrected chi connectivity index (χ3v) is 8.78. The predicted octanol–water partition coefficient (Wildman–Crippen LogP) is 6.33. The molecule has 2 atom stereocenters. The van der Waals surface area contributed by atoms with Crippen LogP contribution in [-0.2, 0) is 0 Å². The second-order valence-electron chi connectivity index (χ2n) is 8.71. The molecule has 6 heteroatoms. The van der Waals surface area contributed by atoms with Crippen molar-refractivity contribution >= 4 is 23.1 Å². The Kier molecular flexibility index (Phi) is 4.30. The van der Waals surface area contributed by atoms with E-state index in [2.05, 4.69) is 63.2 Å². The maximum atomic E-state index is 6.67. The van der Waals surface area contributed by atoms with E-state index in [0.717, 1.165) is 28.0 Å². The van der Waals surface area contributed by atoms with Crippen LogP contribution in [0.15, 0.2) is 65.7 Å². The Morgan fingerprint density at radius 2 is 1.74 bits per heavy atom. The van der Waals surface area contributed by atoms with Gasteiger partial charge in [0.2, 0.25) is 5.88 Å². The number of ether oxygens (including phenoxy) is 1. The van der Waals surface area contributed by atoms with E-state index in [1.54, 1.807) is 0 Å². The number of thiazole rings is 1. The summed E-state index contributed by atoms with van der Waals surface area (Å²) >= 11 is 3.70. The van der Waals surface area contributed by atoms with Crippen molar-refractivity contribution in [3.05, 3.63) is 76.8 Å². The Labute approximate surface area is 190 Å². The van der Waals surface area contributed by atoms with Gasteiger partial charge in [0, 0.05) is 33.6 Å². The number of para-hydroxylation sites is 1. The van der Waals surface area contributed by atoms with E-state index in [1.807, 2.05) is 46.0 Å². The highest BCUT2D eigenvalue weighted by atomic mass is 32.2. The van der Waals surface area contributed by atoms with Crippen molar-refractivity contribution in [3.8, 4) is 22.1 Å². The lowest BCUT2D eigenvalue weighted by atomic mass is 9.74. The fraction of sp³-hybridized carbons (Fsp3) is 0.280. The molecule has 31 heavy (non-hydrogen) atoms. The molecule has 2 aromatic carbocycles. The number of thioether (sulfide) groups is 1. The normalized spacial score (nSPS) is 21.0. The van der Waals surface area contributed by atoms with Crippen LogP contribution >= 0.6 is 23.1 Å². The molecule has 0 saturated carbocycles. The molecule has 0 aliphatic carbocycles. The topological polar surface area (TPSA) is 39.9 Å². The van der Waals surface area contributed by atoms with Crippen LogP contribution in [0.4, 0.5) is 0 Å². The zero-order valence-corrected chi connectivity index (χ0v) is 19.3. The molecule has 0 amide bonds. The second kappa shape index (κ2) is 6.97. The molecule has 2 aliphatic heterocycles. The molecule has 0 bridgehead atoms. The van der Waals surface area contributed by atoms with Gasteiger partial charge < -0.3 is 4.74 Å². The number of rotatable bonds is 2. The van der Waals surface area contributed by atoms with Gasteiger partial charge in [-0.2, -0.15) is 5.10 Å². The van der Waals surface area contributed by atoms with E-state index in [-0.39, 0.29) is 11.5 Å². The summed E-state index contributed by atoms with van der Waals surface area (Å²) in [6.45, 7) is 6.55. The molecule has 0 saturated heterocycles. The van der Waals surface area contributed by atoms with Gasteiger partial charge in [-0.15, -0.1) is 23.1 Å². The van der Waals surface area contributed by atoms with Crippen LogP contribution in [-0.4, -0.2) is 26.1 Å². The first-order valence-corrected chi connectivity index (χ1v) is 12.4. The highest BCUT2D eigenvalue weighted by Gasteiger charge is 2.50. The second-order valence-corrected chi connectivity index (χ2v) is 10.7. The first-order chi connectivity index (χ1) is 15.0. The number of aromatic nitrogens is 3. The first kappa shape index (κ1) is 19.1. The molecule has 6 rings (SSSR count). The summed E-state index contributed by atoms with van der Waals surface area (Å²) < 4.78 is 8.65. The number of nitrogens with zero attached hydrogens (tertiary/aromatic N) is 3. The highest BCUT2D eigenvalue weighted by molar-refractivity contribution is 7.99. The van der Waals surface area contributed by atoms with Gasteiger partial charge >= 0.3 is 0 Å². The van der Waals surface area contributed by atoms with Gasteiger partial charge in [0.1, 0.15) is 15.6 Å². The van der Waals surface area contributed by atoms with Crippen molar-refractivity contribution < 1.29 is 4.74 Å². The fourth-order valence-electron chi connectivity index (χ4n) is 4.75. The molecule has 0 N–H and O–H groups in total. The Bertz CT molecular complexity index is 1260. The quantitative estimate of drug-likeness (QED) is 0.361. The molecule has 0 fully saturated rings. The van der Waals surface area contributed by atoms with Crippen LogP contribution in [0, 0.1) is 12.8 Å². The summed E-state index contributed by atoms with van der Waals surface area (Å²) in [6.07, 6.45) is 0. The zero-order chi connectivity index (χ0) is 21.2. The minimum absolute atomic E-state index is 0.252. The van der Waals surface area contributed by atoms with E-state index >= 15 is 0 Å². The first-order valence-electron chi connectivity index (χ1n) is 10.6. The molecule has 0 radical (unpaired) electrons. The van der Waals surface area contributed by atoms with Crippen LogP contribution in [0.3, 0.4) is 0 Å².